The Morgan fingerprint density at radius 1 is 1.03 bits per heavy atom. The number of rotatable bonds is 10. The topological polar surface area (TPSA) is 61.5 Å². The second-order valence-electron chi connectivity index (χ2n) is 7.50. The maximum absolute atomic E-state index is 6.24. The van der Waals surface area contributed by atoms with E-state index in [1.807, 2.05) is 49.4 Å². The van der Waals surface area contributed by atoms with Crippen LogP contribution in [0.15, 0.2) is 83.3 Å². The molecule has 8 heteroatoms. The molecule has 0 saturated heterocycles. The van der Waals surface area contributed by atoms with Crippen LogP contribution >= 0.6 is 23.4 Å². The number of ether oxygens (including phenoxy) is 2. The van der Waals surface area contributed by atoms with Crippen molar-refractivity contribution >= 4 is 29.6 Å². The smallest absolute Gasteiger partial charge is 0.212 e. The van der Waals surface area contributed by atoms with Gasteiger partial charge in [0, 0.05) is 16.3 Å². The van der Waals surface area contributed by atoms with Gasteiger partial charge in [0.25, 0.3) is 0 Å². The number of aromatic nitrogens is 3. The third-order valence-electron chi connectivity index (χ3n) is 4.93. The molecule has 0 aliphatic carbocycles. The Bertz CT molecular complexity index is 1260. The predicted octanol–water partition coefficient (Wildman–Crippen LogP) is 6.39. The second-order valence-corrected chi connectivity index (χ2v) is 8.85. The van der Waals surface area contributed by atoms with Gasteiger partial charge in [-0.05, 0) is 49.2 Å². The van der Waals surface area contributed by atoms with E-state index < -0.39 is 0 Å². The number of aryl methyl sites for hydroxylation is 1. The summed E-state index contributed by atoms with van der Waals surface area (Å²) in [5.74, 6) is 2.09. The number of hydrogen-bond donors (Lipinski definition) is 0. The molecule has 0 amide bonds. The van der Waals surface area contributed by atoms with Crippen LogP contribution in [0.2, 0.25) is 5.02 Å². The molecule has 0 atom stereocenters. The quantitative estimate of drug-likeness (QED) is 0.189. The van der Waals surface area contributed by atoms with Gasteiger partial charge in [-0.15, -0.1) is 10.2 Å². The van der Waals surface area contributed by atoms with Crippen molar-refractivity contribution in [2.45, 2.75) is 31.4 Å². The molecule has 0 radical (unpaired) electrons. The molecule has 1 aromatic heterocycles. The lowest BCUT2D eigenvalue weighted by Crippen LogP contribution is -2.01. The molecule has 0 N–H and O–H groups in total. The minimum Gasteiger partial charge on any atom is -0.490 e. The van der Waals surface area contributed by atoms with E-state index in [1.165, 1.54) is 11.1 Å². The Kier molecular flexibility index (Phi) is 8.22. The molecule has 0 spiro atoms. The average Bonchev–Trinajstić information content (AvgIpc) is 3.30. The fraction of sp³-hybridized carbons (Fsp3) is 0.192. The van der Waals surface area contributed by atoms with E-state index in [9.17, 15) is 0 Å². The zero-order chi connectivity index (χ0) is 23.8. The molecule has 6 nitrogen and oxygen atoms in total. The number of benzene rings is 3. The number of halogens is 1. The molecule has 0 bridgehead atoms. The first kappa shape index (κ1) is 23.9. The molecule has 0 unspecified atom stereocenters. The van der Waals surface area contributed by atoms with Gasteiger partial charge in [0.05, 0.1) is 12.8 Å². The molecule has 4 rings (SSSR count). The van der Waals surface area contributed by atoms with E-state index in [4.69, 9.17) is 21.1 Å². The Hall–Kier alpha value is -3.29. The van der Waals surface area contributed by atoms with Crippen LogP contribution in [0.5, 0.6) is 11.5 Å². The Labute approximate surface area is 208 Å². The van der Waals surface area contributed by atoms with Crippen LogP contribution in [0.4, 0.5) is 0 Å². The minimum absolute atomic E-state index is 0.357. The van der Waals surface area contributed by atoms with Gasteiger partial charge in [-0.2, -0.15) is 9.78 Å². The summed E-state index contributed by atoms with van der Waals surface area (Å²) in [5, 5.41) is 14.1. The van der Waals surface area contributed by atoms with Crippen LogP contribution in [-0.2, 0) is 12.4 Å². The molecule has 0 aliphatic heterocycles. The van der Waals surface area contributed by atoms with Crippen LogP contribution in [0.25, 0.3) is 0 Å². The van der Waals surface area contributed by atoms with E-state index in [-0.39, 0.29) is 0 Å². The fourth-order valence-electron chi connectivity index (χ4n) is 3.12. The molecule has 174 valence electrons. The second kappa shape index (κ2) is 11.7. The first-order valence-electron chi connectivity index (χ1n) is 10.9. The van der Waals surface area contributed by atoms with Gasteiger partial charge >= 0.3 is 0 Å². The van der Waals surface area contributed by atoms with Crippen LogP contribution in [0.3, 0.4) is 0 Å². The Morgan fingerprint density at radius 2 is 1.85 bits per heavy atom. The van der Waals surface area contributed by atoms with Gasteiger partial charge in [-0.1, -0.05) is 71.4 Å². The number of nitrogens with zero attached hydrogens (tertiary/aromatic N) is 4. The summed E-state index contributed by atoms with van der Waals surface area (Å²) in [5.41, 5.74) is 4.26. The summed E-state index contributed by atoms with van der Waals surface area (Å²) in [6.07, 6.45) is 3.35. The van der Waals surface area contributed by atoms with E-state index >= 15 is 0 Å². The van der Waals surface area contributed by atoms with E-state index in [0.29, 0.717) is 29.7 Å². The maximum Gasteiger partial charge on any atom is 0.212 e. The maximum atomic E-state index is 6.24. The molecular formula is C26H25ClN4O2S. The van der Waals surface area contributed by atoms with Gasteiger partial charge < -0.3 is 9.47 Å². The van der Waals surface area contributed by atoms with Gasteiger partial charge in [0.15, 0.2) is 11.5 Å². The van der Waals surface area contributed by atoms with Crippen molar-refractivity contribution in [1.29, 1.82) is 0 Å². The van der Waals surface area contributed by atoms with Crippen molar-refractivity contribution in [3.05, 3.63) is 100 Å². The highest BCUT2D eigenvalue weighted by atomic mass is 35.5. The molecule has 4 aromatic rings. The summed E-state index contributed by atoms with van der Waals surface area (Å²) in [6.45, 7) is 4.90. The molecule has 34 heavy (non-hydrogen) atoms. The highest BCUT2D eigenvalue weighted by Gasteiger charge is 2.09. The van der Waals surface area contributed by atoms with E-state index in [1.54, 1.807) is 29.0 Å². The third kappa shape index (κ3) is 6.40. The van der Waals surface area contributed by atoms with Gasteiger partial charge in [0.2, 0.25) is 5.16 Å². The Balaban J connectivity index is 1.44. The summed E-state index contributed by atoms with van der Waals surface area (Å²) in [4.78, 5) is 0. The van der Waals surface area contributed by atoms with Crippen LogP contribution in [0, 0.1) is 6.92 Å². The zero-order valence-corrected chi connectivity index (χ0v) is 20.6. The summed E-state index contributed by atoms with van der Waals surface area (Å²) >= 11 is 7.83. The minimum atomic E-state index is 0.357. The van der Waals surface area contributed by atoms with Gasteiger partial charge in [0.1, 0.15) is 12.9 Å². The summed E-state index contributed by atoms with van der Waals surface area (Å²) < 4.78 is 13.4. The Morgan fingerprint density at radius 3 is 2.65 bits per heavy atom. The molecule has 0 aliphatic rings. The lowest BCUT2D eigenvalue weighted by molar-refractivity contribution is 0.269. The number of hydrogen-bond acceptors (Lipinski definition) is 6. The van der Waals surface area contributed by atoms with E-state index in [0.717, 1.165) is 22.0 Å². The lowest BCUT2D eigenvalue weighted by atomic mass is 10.2. The van der Waals surface area contributed by atoms with Crippen molar-refractivity contribution < 1.29 is 9.47 Å². The van der Waals surface area contributed by atoms with Crippen LogP contribution in [0.1, 0.15) is 29.2 Å². The van der Waals surface area contributed by atoms with Crippen molar-refractivity contribution in [1.82, 2.24) is 14.9 Å². The molecule has 0 saturated carbocycles. The predicted molar refractivity (Wildman–Crippen MR) is 137 cm³/mol. The highest BCUT2D eigenvalue weighted by Crippen LogP contribution is 2.30. The first-order valence-corrected chi connectivity index (χ1v) is 12.2. The normalized spacial score (nSPS) is 11.1. The van der Waals surface area contributed by atoms with Gasteiger partial charge in [-0.3, -0.25) is 0 Å². The number of thioether (sulfide) groups is 1. The fourth-order valence-corrected chi connectivity index (χ4v) is 4.13. The van der Waals surface area contributed by atoms with Crippen LogP contribution in [-0.4, -0.2) is 27.7 Å². The van der Waals surface area contributed by atoms with Crippen LogP contribution < -0.4 is 9.47 Å². The largest absolute Gasteiger partial charge is 0.490 e. The third-order valence-corrected chi connectivity index (χ3v) is 6.30. The van der Waals surface area contributed by atoms with E-state index in [2.05, 4.69) is 46.5 Å². The molecule has 0 fully saturated rings. The van der Waals surface area contributed by atoms with Gasteiger partial charge in [-0.25, -0.2) is 0 Å². The van der Waals surface area contributed by atoms with Crippen molar-refractivity contribution in [3.63, 3.8) is 0 Å². The average molecular weight is 493 g/mol. The first-order chi connectivity index (χ1) is 16.6. The SMILES string of the molecule is CCOc1cc(/C=N\n2cnnc2SCc2ccc(C)cc2)ccc1OCc1ccccc1Cl. The molecule has 1 heterocycles. The summed E-state index contributed by atoms with van der Waals surface area (Å²) in [6, 6.07) is 21.8. The van der Waals surface area contributed by atoms with Crippen molar-refractivity contribution in [2.24, 2.45) is 5.10 Å². The standard InChI is InChI=1S/C26H25ClN4O2S/c1-3-32-25-14-21(12-13-24(25)33-16-22-6-4-5-7-23(22)27)15-29-31-18-28-30-26(31)34-17-20-10-8-19(2)9-11-20/h4-15,18H,3,16-17H2,1-2H3/b29-15-. The van der Waals surface area contributed by atoms with Crippen molar-refractivity contribution in [2.75, 3.05) is 6.61 Å². The molecule has 3 aromatic carbocycles. The van der Waals surface area contributed by atoms with Crippen molar-refractivity contribution in [3.8, 4) is 11.5 Å². The molecular weight excluding hydrogens is 468 g/mol. The lowest BCUT2D eigenvalue weighted by Gasteiger charge is -2.13. The highest BCUT2D eigenvalue weighted by molar-refractivity contribution is 7.98. The zero-order valence-electron chi connectivity index (χ0n) is 19.0. The summed E-state index contributed by atoms with van der Waals surface area (Å²) in [7, 11) is 0. The monoisotopic (exact) mass is 492 g/mol.